The van der Waals surface area contributed by atoms with Crippen LogP contribution in [0.4, 0.5) is 0 Å². The van der Waals surface area contributed by atoms with Gasteiger partial charge >= 0.3 is 0 Å². The molecule has 22 heavy (non-hydrogen) atoms. The number of hydrogen-bond acceptors (Lipinski definition) is 2. The van der Waals surface area contributed by atoms with E-state index in [1.54, 1.807) is 0 Å². The summed E-state index contributed by atoms with van der Waals surface area (Å²) in [6, 6.07) is 0. The Morgan fingerprint density at radius 2 is 1.64 bits per heavy atom. The Labute approximate surface area is 137 Å². The topological polar surface area (TPSA) is 40.5 Å². The van der Waals surface area contributed by atoms with Gasteiger partial charge in [-0.05, 0) is 73.0 Å². The van der Waals surface area contributed by atoms with Crippen LogP contribution in [0.5, 0.6) is 0 Å². The van der Waals surface area contributed by atoms with Gasteiger partial charge in [0.2, 0.25) is 0 Å². The van der Waals surface area contributed by atoms with Crippen LogP contribution in [-0.4, -0.2) is 23.4 Å². The van der Waals surface area contributed by atoms with Crippen LogP contribution in [0.2, 0.25) is 0 Å². The van der Waals surface area contributed by atoms with Gasteiger partial charge in [0.05, 0.1) is 0 Å². The highest BCUT2D eigenvalue weighted by Crippen LogP contribution is 2.65. The Morgan fingerprint density at radius 3 is 2.27 bits per heavy atom. The molecule has 0 spiro atoms. The Hall–Kier alpha value is -0.0800. The van der Waals surface area contributed by atoms with Gasteiger partial charge < -0.3 is 10.2 Å². The van der Waals surface area contributed by atoms with Crippen LogP contribution in [0.15, 0.2) is 0 Å². The van der Waals surface area contributed by atoms with Crippen molar-refractivity contribution in [3.8, 4) is 0 Å². The number of hydrogen-bond donors (Lipinski definition) is 2. The molecule has 0 aliphatic heterocycles. The number of unbranched alkanes of at least 4 members (excludes halogenated alkanes) is 1. The summed E-state index contributed by atoms with van der Waals surface area (Å²) < 4.78 is 0. The van der Waals surface area contributed by atoms with E-state index in [1.807, 2.05) is 0 Å². The van der Waals surface area contributed by atoms with E-state index in [9.17, 15) is 5.11 Å². The zero-order chi connectivity index (χ0) is 16.4. The van der Waals surface area contributed by atoms with Crippen LogP contribution < -0.4 is 0 Å². The summed E-state index contributed by atoms with van der Waals surface area (Å²) in [4.78, 5) is 0. The third-order valence-corrected chi connectivity index (χ3v) is 7.49. The van der Waals surface area contributed by atoms with Crippen LogP contribution in [0, 0.1) is 28.1 Å². The molecular weight excluding hydrogens is 272 g/mol. The molecule has 2 aliphatic rings. The van der Waals surface area contributed by atoms with E-state index in [0.29, 0.717) is 35.4 Å². The van der Waals surface area contributed by atoms with Crippen molar-refractivity contribution in [3.05, 3.63) is 0 Å². The van der Waals surface area contributed by atoms with Crippen molar-refractivity contribution in [2.45, 2.75) is 85.5 Å². The minimum absolute atomic E-state index is 0.313. The fraction of sp³-hybridized carbons (Fsp3) is 1.00. The molecular formula is C20H38O2. The monoisotopic (exact) mass is 310 g/mol. The van der Waals surface area contributed by atoms with Gasteiger partial charge in [-0.25, -0.2) is 0 Å². The van der Waals surface area contributed by atoms with Gasteiger partial charge in [0.15, 0.2) is 0 Å². The van der Waals surface area contributed by atoms with Crippen LogP contribution in [0.3, 0.4) is 0 Å². The molecule has 0 aromatic carbocycles. The average Bonchev–Trinajstić information content (AvgIpc) is 2.42. The summed E-state index contributed by atoms with van der Waals surface area (Å²) in [6.45, 7) is 10.6. The van der Waals surface area contributed by atoms with E-state index in [2.05, 4.69) is 27.7 Å². The van der Waals surface area contributed by atoms with Gasteiger partial charge in [-0.15, -0.1) is 0 Å². The highest BCUT2D eigenvalue weighted by Gasteiger charge is 2.57. The second kappa shape index (κ2) is 6.81. The van der Waals surface area contributed by atoms with Crippen LogP contribution in [-0.2, 0) is 0 Å². The quantitative estimate of drug-likeness (QED) is 0.693. The average molecular weight is 311 g/mol. The molecule has 0 radical (unpaired) electrons. The largest absolute Gasteiger partial charge is 0.396 e. The van der Waals surface area contributed by atoms with E-state index < -0.39 is 0 Å². The predicted molar refractivity (Wildman–Crippen MR) is 92.7 cm³/mol. The second-order valence-corrected chi connectivity index (χ2v) is 9.34. The molecule has 4 atom stereocenters. The Balaban J connectivity index is 2.25. The van der Waals surface area contributed by atoms with Gasteiger partial charge in [0.1, 0.15) is 0 Å². The minimum atomic E-state index is 0.313. The predicted octanol–water partition coefficient (Wildman–Crippen LogP) is 4.78. The van der Waals surface area contributed by atoms with Crippen molar-refractivity contribution in [3.63, 3.8) is 0 Å². The molecule has 0 bridgehead atoms. The fourth-order valence-corrected chi connectivity index (χ4v) is 6.50. The number of aliphatic hydroxyl groups is 2. The Bertz CT molecular complexity index is 365. The molecule has 130 valence electrons. The van der Waals surface area contributed by atoms with Gasteiger partial charge in [0.25, 0.3) is 0 Å². The maximum atomic E-state index is 9.72. The molecule has 2 rings (SSSR count). The van der Waals surface area contributed by atoms with Gasteiger partial charge in [-0.3, -0.25) is 0 Å². The zero-order valence-corrected chi connectivity index (χ0v) is 15.3. The molecule has 0 aromatic rings. The lowest BCUT2D eigenvalue weighted by Gasteiger charge is -2.63. The van der Waals surface area contributed by atoms with E-state index in [0.717, 1.165) is 25.2 Å². The van der Waals surface area contributed by atoms with E-state index >= 15 is 0 Å². The third-order valence-electron chi connectivity index (χ3n) is 7.49. The standard InChI is InChI=1S/C20H38O2/c1-18(2)10-7-12-20(4)16(18)8-13-19(3,11-5-6-14-21)17(20)9-15-22/h16-17,21-22H,5-15H2,1-4H3. The summed E-state index contributed by atoms with van der Waals surface area (Å²) in [5.41, 5.74) is 1.18. The molecule has 0 aromatic heterocycles. The lowest BCUT2D eigenvalue weighted by molar-refractivity contribution is -0.137. The maximum absolute atomic E-state index is 9.72. The van der Waals surface area contributed by atoms with E-state index in [1.165, 1.54) is 38.5 Å². The first kappa shape index (κ1) is 18.3. The zero-order valence-electron chi connectivity index (χ0n) is 15.3. The van der Waals surface area contributed by atoms with Gasteiger partial charge in [0, 0.05) is 13.2 Å². The summed E-state index contributed by atoms with van der Waals surface area (Å²) >= 11 is 0. The van der Waals surface area contributed by atoms with Crippen LogP contribution >= 0.6 is 0 Å². The van der Waals surface area contributed by atoms with Crippen molar-refractivity contribution in [1.82, 2.24) is 0 Å². The maximum Gasteiger partial charge on any atom is 0.0434 e. The molecule has 2 heteroatoms. The Kier molecular flexibility index (Phi) is 5.65. The molecule has 0 saturated heterocycles. The minimum Gasteiger partial charge on any atom is -0.396 e. The van der Waals surface area contributed by atoms with Gasteiger partial charge in [-0.1, -0.05) is 40.5 Å². The van der Waals surface area contributed by atoms with E-state index in [-0.39, 0.29) is 0 Å². The smallest absolute Gasteiger partial charge is 0.0434 e. The third kappa shape index (κ3) is 3.24. The first-order chi connectivity index (χ1) is 10.3. The number of rotatable bonds is 6. The summed E-state index contributed by atoms with van der Waals surface area (Å²) in [7, 11) is 0. The lowest BCUT2D eigenvalue weighted by Crippen LogP contribution is -2.55. The second-order valence-electron chi connectivity index (χ2n) is 9.34. The first-order valence-corrected chi connectivity index (χ1v) is 9.52. The van der Waals surface area contributed by atoms with Crippen LogP contribution in [0.25, 0.3) is 0 Å². The number of aliphatic hydroxyl groups excluding tert-OH is 2. The lowest BCUT2D eigenvalue weighted by atomic mass is 9.42. The molecule has 2 fully saturated rings. The summed E-state index contributed by atoms with van der Waals surface area (Å²) in [6.07, 6.45) is 10.9. The molecule has 2 aliphatic carbocycles. The van der Waals surface area contributed by atoms with E-state index in [4.69, 9.17) is 5.11 Å². The summed E-state index contributed by atoms with van der Waals surface area (Å²) in [5.74, 6) is 1.43. The van der Waals surface area contributed by atoms with Crippen molar-refractivity contribution >= 4 is 0 Å². The molecule has 2 N–H and O–H groups in total. The van der Waals surface area contributed by atoms with Gasteiger partial charge in [-0.2, -0.15) is 0 Å². The molecule has 0 heterocycles. The highest BCUT2D eigenvalue weighted by atomic mass is 16.3. The first-order valence-electron chi connectivity index (χ1n) is 9.52. The SMILES string of the molecule is CC1(C)CCCC2(C)C1CCC(C)(CCCCO)C2CCO. The highest BCUT2D eigenvalue weighted by molar-refractivity contribution is 5.06. The van der Waals surface area contributed by atoms with Crippen molar-refractivity contribution < 1.29 is 10.2 Å². The Morgan fingerprint density at radius 1 is 0.909 bits per heavy atom. The molecule has 2 nitrogen and oxygen atoms in total. The van der Waals surface area contributed by atoms with Crippen molar-refractivity contribution in [2.24, 2.45) is 28.1 Å². The molecule has 2 saturated carbocycles. The normalized spacial score (nSPS) is 41.2. The fourth-order valence-electron chi connectivity index (χ4n) is 6.50. The van der Waals surface area contributed by atoms with Crippen LogP contribution in [0.1, 0.15) is 85.5 Å². The molecule has 4 unspecified atom stereocenters. The van der Waals surface area contributed by atoms with Crippen molar-refractivity contribution in [1.29, 1.82) is 0 Å². The van der Waals surface area contributed by atoms with Crippen molar-refractivity contribution in [2.75, 3.05) is 13.2 Å². The summed E-state index contributed by atoms with van der Waals surface area (Å²) in [5, 5.41) is 18.8. The molecule has 0 amide bonds. The number of fused-ring (bicyclic) bond motifs is 1.